The Balaban J connectivity index is 2.48. The molecule has 0 radical (unpaired) electrons. The number of alkyl carbamates (subject to hydrolysis) is 1. The van der Waals surface area contributed by atoms with Crippen LogP contribution >= 0.6 is 0 Å². The summed E-state index contributed by atoms with van der Waals surface area (Å²) >= 11 is 0. The Bertz CT molecular complexity index is 456. The van der Waals surface area contributed by atoms with Gasteiger partial charge in [0.2, 0.25) is 0 Å². The first-order chi connectivity index (χ1) is 9.37. The lowest BCUT2D eigenvalue weighted by atomic mass is 9.85. The van der Waals surface area contributed by atoms with E-state index in [1.807, 2.05) is 30.3 Å². The molecule has 0 aliphatic carbocycles. The van der Waals surface area contributed by atoms with Crippen molar-refractivity contribution in [2.45, 2.75) is 33.4 Å². The van der Waals surface area contributed by atoms with Gasteiger partial charge in [-0.15, -0.1) is 0 Å². The Morgan fingerprint density at radius 3 is 2.40 bits per heavy atom. The van der Waals surface area contributed by atoms with Crippen molar-refractivity contribution in [3.63, 3.8) is 0 Å². The molecule has 5 nitrogen and oxygen atoms in total. The maximum Gasteiger partial charge on any atom is 0.407 e. The van der Waals surface area contributed by atoms with Crippen LogP contribution in [0, 0.1) is 5.41 Å². The van der Waals surface area contributed by atoms with Gasteiger partial charge in [-0.25, -0.2) is 4.79 Å². The maximum absolute atomic E-state index is 11.7. The largest absolute Gasteiger partial charge is 0.469 e. The average molecular weight is 279 g/mol. The molecule has 0 aliphatic rings. The molecule has 0 saturated carbocycles. The van der Waals surface area contributed by atoms with Gasteiger partial charge < -0.3 is 14.8 Å². The maximum atomic E-state index is 11.7. The number of rotatable bonds is 5. The third-order valence-electron chi connectivity index (χ3n) is 3.34. The summed E-state index contributed by atoms with van der Waals surface area (Å²) in [6.45, 7) is 5.35. The predicted octanol–water partition coefficient (Wildman–Crippen LogP) is 2.50. The van der Waals surface area contributed by atoms with Gasteiger partial charge in [-0.2, -0.15) is 0 Å². The Kier molecular flexibility index (Phi) is 5.55. The Morgan fingerprint density at radius 2 is 1.85 bits per heavy atom. The van der Waals surface area contributed by atoms with E-state index >= 15 is 0 Å². The number of carbonyl (C=O) groups is 2. The van der Waals surface area contributed by atoms with Gasteiger partial charge in [0.1, 0.15) is 6.61 Å². The lowest BCUT2D eigenvalue weighted by Gasteiger charge is -2.29. The van der Waals surface area contributed by atoms with Crippen molar-refractivity contribution in [1.82, 2.24) is 5.32 Å². The molecule has 1 N–H and O–H groups in total. The zero-order chi connectivity index (χ0) is 15.2. The van der Waals surface area contributed by atoms with E-state index in [9.17, 15) is 9.59 Å². The average Bonchev–Trinajstić information content (AvgIpc) is 2.45. The molecule has 1 aromatic rings. The number of amides is 1. The van der Waals surface area contributed by atoms with Gasteiger partial charge in [-0.3, -0.25) is 4.79 Å². The highest BCUT2D eigenvalue weighted by atomic mass is 16.5. The summed E-state index contributed by atoms with van der Waals surface area (Å²) in [4.78, 5) is 23.3. The lowest BCUT2D eigenvalue weighted by Crippen LogP contribution is -2.47. The van der Waals surface area contributed by atoms with Crippen LogP contribution in [0.2, 0.25) is 0 Å². The number of esters is 1. The number of ether oxygens (including phenoxy) is 2. The summed E-state index contributed by atoms with van der Waals surface area (Å²) in [5.74, 6) is -0.381. The Hall–Kier alpha value is -2.04. The summed E-state index contributed by atoms with van der Waals surface area (Å²) in [6, 6.07) is 8.98. The van der Waals surface area contributed by atoms with Crippen molar-refractivity contribution in [2.24, 2.45) is 5.41 Å². The van der Waals surface area contributed by atoms with Crippen LogP contribution in [0.15, 0.2) is 30.3 Å². The molecular formula is C15H21NO4. The highest BCUT2D eigenvalue weighted by Crippen LogP contribution is 2.22. The molecule has 1 rings (SSSR count). The number of hydrogen-bond donors (Lipinski definition) is 1. The zero-order valence-corrected chi connectivity index (χ0v) is 12.3. The third-order valence-corrected chi connectivity index (χ3v) is 3.34. The van der Waals surface area contributed by atoms with Crippen LogP contribution in [0.25, 0.3) is 0 Å². The van der Waals surface area contributed by atoms with E-state index in [2.05, 4.69) is 5.32 Å². The molecule has 0 heterocycles. The standard InChI is InChI=1S/C15H21NO4/c1-11(15(2,3)13(17)19-4)16-14(18)20-10-12-8-6-5-7-9-12/h5-9,11H,10H2,1-4H3,(H,16,18). The second kappa shape index (κ2) is 6.93. The SMILES string of the molecule is COC(=O)C(C)(C)C(C)NC(=O)OCc1ccccc1. The van der Waals surface area contributed by atoms with Gasteiger partial charge in [-0.05, 0) is 26.3 Å². The van der Waals surface area contributed by atoms with Crippen LogP contribution < -0.4 is 5.32 Å². The minimum absolute atomic E-state index is 0.193. The molecule has 20 heavy (non-hydrogen) atoms. The van der Waals surface area contributed by atoms with E-state index < -0.39 is 17.6 Å². The second-order valence-corrected chi connectivity index (χ2v) is 5.14. The van der Waals surface area contributed by atoms with E-state index in [4.69, 9.17) is 9.47 Å². The summed E-state index contributed by atoms with van der Waals surface area (Å²) in [7, 11) is 1.32. The lowest BCUT2D eigenvalue weighted by molar-refractivity contribution is -0.152. The van der Waals surface area contributed by atoms with Gasteiger partial charge in [0.25, 0.3) is 0 Å². The molecule has 0 fully saturated rings. The summed E-state index contributed by atoms with van der Waals surface area (Å²) in [6.07, 6.45) is -0.557. The van der Waals surface area contributed by atoms with E-state index in [0.717, 1.165) is 5.56 Å². The van der Waals surface area contributed by atoms with Crippen LogP contribution in [0.3, 0.4) is 0 Å². The third kappa shape index (κ3) is 4.26. The van der Waals surface area contributed by atoms with Crippen molar-refractivity contribution in [3.8, 4) is 0 Å². The Morgan fingerprint density at radius 1 is 1.25 bits per heavy atom. The smallest absolute Gasteiger partial charge is 0.407 e. The molecule has 0 saturated heterocycles. The first kappa shape index (κ1) is 16.0. The number of methoxy groups -OCH3 is 1. The molecule has 0 bridgehead atoms. The second-order valence-electron chi connectivity index (χ2n) is 5.14. The highest BCUT2D eigenvalue weighted by molar-refractivity contribution is 5.78. The molecule has 1 aromatic carbocycles. The summed E-state index contributed by atoms with van der Waals surface area (Å²) in [5.41, 5.74) is 0.0862. The van der Waals surface area contributed by atoms with E-state index in [1.54, 1.807) is 20.8 Å². The van der Waals surface area contributed by atoms with Crippen LogP contribution in [-0.4, -0.2) is 25.2 Å². The minimum atomic E-state index is -0.819. The molecule has 5 heteroatoms. The monoisotopic (exact) mass is 279 g/mol. The number of carbonyl (C=O) groups excluding carboxylic acids is 2. The fourth-order valence-electron chi connectivity index (χ4n) is 1.56. The minimum Gasteiger partial charge on any atom is -0.469 e. The molecule has 0 aliphatic heterocycles. The van der Waals surface area contributed by atoms with Crippen LogP contribution in [0.5, 0.6) is 0 Å². The van der Waals surface area contributed by atoms with Crippen LogP contribution in [0.1, 0.15) is 26.3 Å². The first-order valence-electron chi connectivity index (χ1n) is 6.43. The fraction of sp³-hybridized carbons (Fsp3) is 0.467. The molecule has 1 atom stereocenters. The van der Waals surface area contributed by atoms with Gasteiger partial charge in [0.15, 0.2) is 0 Å². The molecule has 1 unspecified atom stereocenters. The van der Waals surface area contributed by atoms with Gasteiger partial charge in [0.05, 0.1) is 12.5 Å². The number of hydrogen-bond acceptors (Lipinski definition) is 4. The fourth-order valence-corrected chi connectivity index (χ4v) is 1.56. The Labute approximate surface area is 119 Å². The molecule has 0 aromatic heterocycles. The van der Waals surface area contributed by atoms with Crippen LogP contribution in [0.4, 0.5) is 4.79 Å². The van der Waals surface area contributed by atoms with Crippen molar-refractivity contribution in [1.29, 1.82) is 0 Å². The van der Waals surface area contributed by atoms with Gasteiger partial charge in [0, 0.05) is 6.04 Å². The number of nitrogens with one attached hydrogen (secondary N) is 1. The zero-order valence-electron chi connectivity index (χ0n) is 12.3. The molecule has 1 amide bonds. The topological polar surface area (TPSA) is 64.6 Å². The quantitative estimate of drug-likeness (QED) is 0.841. The van der Waals surface area contributed by atoms with Crippen LogP contribution in [-0.2, 0) is 20.9 Å². The van der Waals surface area contributed by atoms with E-state index in [0.29, 0.717) is 0 Å². The molecular weight excluding hydrogens is 258 g/mol. The molecule has 110 valence electrons. The van der Waals surface area contributed by atoms with E-state index in [-0.39, 0.29) is 12.6 Å². The van der Waals surface area contributed by atoms with Crippen molar-refractivity contribution in [3.05, 3.63) is 35.9 Å². The van der Waals surface area contributed by atoms with Gasteiger partial charge >= 0.3 is 12.1 Å². The van der Waals surface area contributed by atoms with Crippen molar-refractivity contribution in [2.75, 3.05) is 7.11 Å². The molecule has 0 spiro atoms. The summed E-state index contributed by atoms with van der Waals surface area (Å²) < 4.78 is 9.82. The summed E-state index contributed by atoms with van der Waals surface area (Å²) in [5, 5.41) is 2.64. The normalized spacial score (nSPS) is 12.4. The first-order valence-corrected chi connectivity index (χ1v) is 6.43. The van der Waals surface area contributed by atoms with E-state index in [1.165, 1.54) is 7.11 Å². The number of benzene rings is 1. The van der Waals surface area contributed by atoms with Crippen molar-refractivity contribution < 1.29 is 19.1 Å². The predicted molar refractivity (Wildman–Crippen MR) is 75.0 cm³/mol. The van der Waals surface area contributed by atoms with Crippen molar-refractivity contribution >= 4 is 12.1 Å². The highest BCUT2D eigenvalue weighted by Gasteiger charge is 2.36. The van der Waals surface area contributed by atoms with Gasteiger partial charge in [-0.1, -0.05) is 30.3 Å².